The average molecular weight is 294 g/mol. The first-order chi connectivity index (χ1) is 9.49. The molecule has 0 aromatic rings. The predicted molar refractivity (Wildman–Crippen MR) is 64.8 cm³/mol. The summed E-state index contributed by atoms with van der Waals surface area (Å²) in [5.41, 5.74) is 0. The molecular weight excluding hydrogens is 272 g/mol. The van der Waals surface area contributed by atoms with Crippen LogP contribution in [0.5, 0.6) is 0 Å². The maximum atomic E-state index is 9.77. The molecule has 20 heavy (non-hydrogen) atoms. The van der Waals surface area contributed by atoms with E-state index in [9.17, 15) is 20.4 Å². The first kappa shape index (κ1) is 16.1. The molecule has 0 spiro atoms. The molecule has 8 atom stereocenters. The van der Waals surface area contributed by atoms with Crippen molar-refractivity contribution in [1.82, 2.24) is 0 Å². The van der Waals surface area contributed by atoms with Crippen molar-refractivity contribution >= 4 is 0 Å². The lowest BCUT2D eigenvalue weighted by atomic mass is 9.99. The fourth-order valence-electron chi connectivity index (χ4n) is 2.76. The van der Waals surface area contributed by atoms with E-state index < -0.39 is 48.8 Å². The van der Waals surface area contributed by atoms with E-state index in [0.29, 0.717) is 12.8 Å². The Kier molecular flexibility index (Phi) is 5.32. The maximum Gasteiger partial charge on any atom is 0.111 e. The van der Waals surface area contributed by atoms with Crippen LogP contribution in [0.2, 0.25) is 0 Å². The molecule has 0 radical (unpaired) electrons. The largest absolute Gasteiger partial charge is 0.394 e. The Morgan fingerprint density at radius 1 is 0.550 bits per heavy atom. The highest BCUT2D eigenvalue weighted by Gasteiger charge is 2.45. The minimum absolute atomic E-state index is 0.293. The summed E-state index contributed by atoms with van der Waals surface area (Å²) < 4.78 is 10.6. The zero-order valence-corrected chi connectivity index (χ0v) is 10.9. The van der Waals surface area contributed by atoms with Gasteiger partial charge in [0.15, 0.2) is 0 Å². The lowest BCUT2D eigenvalue weighted by Crippen LogP contribution is -2.35. The van der Waals surface area contributed by atoms with E-state index in [-0.39, 0.29) is 13.2 Å². The Bertz CT molecular complexity index is 284. The third kappa shape index (κ3) is 2.97. The summed E-state index contributed by atoms with van der Waals surface area (Å²) in [5, 5.41) is 56.7. The Morgan fingerprint density at radius 2 is 0.850 bits per heavy atom. The van der Waals surface area contributed by atoms with Crippen LogP contribution in [0.3, 0.4) is 0 Å². The van der Waals surface area contributed by atoms with Gasteiger partial charge in [0.05, 0.1) is 25.4 Å². The summed E-state index contributed by atoms with van der Waals surface area (Å²) >= 11 is 0. The van der Waals surface area contributed by atoms with Crippen LogP contribution >= 0.6 is 0 Å². The fraction of sp³-hybridized carbons (Fsp3) is 1.00. The summed E-state index contributed by atoms with van der Waals surface area (Å²) in [6, 6.07) is 0. The van der Waals surface area contributed by atoms with Gasteiger partial charge in [0.2, 0.25) is 0 Å². The van der Waals surface area contributed by atoms with Gasteiger partial charge in [-0.25, -0.2) is 0 Å². The second-order valence-corrected chi connectivity index (χ2v) is 5.33. The number of hydrogen-bond donors (Lipinski definition) is 6. The smallest absolute Gasteiger partial charge is 0.111 e. The summed E-state index contributed by atoms with van der Waals surface area (Å²) in [6.45, 7) is -0.773. The van der Waals surface area contributed by atoms with Gasteiger partial charge in [0.1, 0.15) is 36.6 Å². The van der Waals surface area contributed by atoms with Crippen molar-refractivity contribution in [1.29, 1.82) is 0 Å². The number of aliphatic hydroxyl groups is 6. The van der Waals surface area contributed by atoms with Crippen molar-refractivity contribution < 1.29 is 40.1 Å². The molecule has 2 heterocycles. The van der Waals surface area contributed by atoms with E-state index >= 15 is 0 Å². The molecule has 8 nitrogen and oxygen atoms in total. The first-order valence-corrected chi connectivity index (χ1v) is 6.74. The van der Waals surface area contributed by atoms with E-state index in [0.717, 1.165) is 0 Å². The molecule has 0 saturated carbocycles. The van der Waals surface area contributed by atoms with Crippen molar-refractivity contribution in [3.8, 4) is 0 Å². The second-order valence-electron chi connectivity index (χ2n) is 5.33. The summed E-state index contributed by atoms with van der Waals surface area (Å²) in [7, 11) is 0. The number of aliphatic hydroxyl groups excluding tert-OH is 6. The van der Waals surface area contributed by atoms with E-state index in [2.05, 4.69) is 0 Å². The monoisotopic (exact) mass is 294 g/mol. The van der Waals surface area contributed by atoms with E-state index in [4.69, 9.17) is 19.7 Å². The van der Waals surface area contributed by atoms with Crippen LogP contribution in [0.1, 0.15) is 12.8 Å². The van der Waals surface area contributed by atoms with Crippen LogP contribution in [0.15, 0.2) is 0 Å². The predicted octanol–water partition coefficient (Wildman–Crippen LogP) is -3.27. The van der Waals surface area contributed by atoms with Crippen molar-refractivity contribution in [3.63, 3.8) is 0 Å². The minimum Gasteiger partial charge on any atom is -0.394 e. The van der Waals surface area contributed by atoms with Gasteiger partial charge in [-0.3, -0.25) is 0 Å². The number of hydrogen-bond acceptors (Lipinski definition) is 8. The van der Waals surface area contributed by atoms with Crippen LogP contribution < -0.4 is 0 Å². The highest BCUT2D eigenvalue weighted by molar-refractivity contribution is 4.94. The summed E-state index contributed by atoms with van der Waals surface area (Å²) in [6.07, 6.45) is -6.88. The van der Waals surface area contributed by atoms with Crippen LogP contribution in [0.4, 0.5) is 0 Å². The highest BCUT2D eigenvalue weighted by atomic mass is 16.6. The van der Waals surface area contributed by atoms with Gasteiger partial charge < -0.3 is 40.1 Å². The second kappa shape index (κ2) is 6.63. The molecule has 0 unspecified atom stereocenters. The van der Waals surface area contributed by atoms with Crippen LogP contribution in [-0.4, -0.2) is 92.7 Å². The van der Waals surface area contributed by atoms with Gasteiger partial charge in [-0.2, -0.15) is 0 Å². The summed E-state index contributed by atoms with van der Waals surface area (Å²) in [4.78, 5) is 0. The van der Waals surface area contributed by atoms with E-state index in [1.54, 1.807) is 0 Å². The topological polar surface area (TPSA) is 140 Å². The standard InChI is InChI=1S/C12H22O8/c13-3-7-11(17)9(15)5(19-7)1-2-6-10(16)12(18)8(4-14)20-6/h5-18H,1-4H2/t5-,6-,7-,8-,9-,10-,11-,12-/m1/s1. The quantitative estimate of drug-likeness (QED) is 0.310. The lowest BCUT2D eigenvalue weighted by Gasteiger charge is -2.19. The molecule has 8 heteroatoms. The van der Waals surface area contributed by atoms with Crippen molar-refractivity contribution in [2.24, 2.45) is 0 Å². The van der Waals surface area contributed by atoms with Gasteiger partial charge in [0.25, 0.3) is 0 Å². The SMILES string of the molecule is OC[C@H]1O[C@H](CC[C@H]2O[C@H](CO)[C@@H](O)[C@@H]2O)[C@@H](O)[C@@H]1O. The molecule has 2 aliphatic rings. The minimum atomic E-state index is -1.14. The Morgan fingerprint density at radius 3 is 1.10 bits per heavy atom. The molecule has 2 fully saturated rings. The molecule has 0 aromatic carbocycles. The highest BCUT2D eigenvalue weighted by Crippen LogP contribution is 2.29. The number of rotatable bonds is 5. The van der Waals surface area contributed by atoms with Crippen LogP contribution in [0.25, 0.3) is 0 Å². The molecule has 118 valence electrons. The van der Waals surface area contributed by atoms with Crippen molar-refractivity contribution in [2.45, 2.75) is 61.7 Å². The molecule has 0 aromatic heterocycles. The van der Waals surface area contributed by atoms with Gasteiger partial charge in [-0.05, 0) is 12.8 Å². The summed E-state index contributed by atoms with van der Waals surface area (Å²) in [5.74, 6) is 0. The molecule has 0 amide bonds. The van der Waals surface area contributed by atoms with Gasteiger partial charge in [0, 0.05) is 0 Å². The maximum absolute atomic E-state index is 9.77. The molecule has 2 rings (SSSR count). The zero-order valence-electron chi connectivity index (χ0n) is 10.9. The molecule has 6 N–H and O–H groups in total. The van der Waals surface area contributed by atoms with Crippen LogP contribution in [-0.2, 0) is 9.47 Å². The molecular formula is C12H22O8. The molecule has 0 bridgehead atoms. The third-order valence-corrected chi connectivity index (χ3v) is 4.02. The number of ether oxygens (including phenoxy) is 2. The van der Waals surface area contributed by atoms with Gasteiger partial charge >= 0.3 is 0 Å². The Labute approximate surface area is 116 Å². The normalized spacial score (nSPS) is 48.9. The lowest BCUT2D eigenvalue weighted by molar-refractivity contribution is -0.0448. The fourth-order valence-corrected chi connectivity index (χ4v) is 2.76. The Hall–Kier alpha value is -0.320. The first-order valence-electron chi connectivity index (χ1n) is 6.74. The zero-order chi connectivity index (χ0) is 14.9. The van der Waals surface area contributed by atoms with E-state index in [1.807, 2.05) is 0 Å². The van der Waals surface area contributed by atoms with E-state index in [1.165, 1.54) is 0 Å². The molecule has 2 saturated heterocycles. The molecule has 0 aliphatic carbocycles. The van der Waals surface area contributed by atoms with Gasteiger partial charge in [-0.1, -0.05) is 0 Å². The van der Waals surface area contributed by atoms with Gasteiger partial charge in [-0.15, -0.1) is 0 Å². The average Bonchev–Trinajstić information content (AvgIpc) is 2.88. The van der Waals surface area contributed by atoms with Crippen LogP contribution in [0, 0.1) is 0 Å². The van der Waals surface area contributed by atoms with Crippen molar-refractivity contribution in [3.05, 3.63) is 0 Å². The van der Waals surface area contributed by atoms with Crippen molar-refractivity contribution in [2.75, 3.05) is 13.2 Å². The third-order valence-electron chi connectivity index (χ3n) is 4.02. The molecule has 2 aliphatic heterocycles. The Balaban J connectivity index is 1.84.